The van der Waals surface area contributed by atoms with Crippen molar-refractivity contribution >= 4 is 11.8 Å². The summed E-state index contributed by atoms with van der Waals surface area (Å²) in [7, 11) is 0. The fourth-order valence-electron chi connectivity index (χ4n) is 1.37. The molecule has 0 radical (unpaired) electrons. The van der Waals surface area contributed by atoms with Gasteiger partial charge in [-0.3, -0.25) is 0 Å². The first-order chi connectivity index (χ1) is 7.79. The molecule has 5 nitrogen and oxygen atoms in total. The molecule has 0 saturated carbocycles. The first kappa shape index (κ1) is 11.2. The second-order valence-corrected chi connectivity index (χ2v) is 4.35. The quantitative estimate of drug-likeness (QED) is 0.748. The minimum absolute atomic E-state index is 0.604. The molecule has 0 N–H and O–H groups in total. The zero-order valence-electron chi connectivity index (χ0n) is 9.38. The van der Waals surface area contributed by atoms with Crippen molar-refractivity contribution in [2.24, 2.45) is 0 Å². The summed E-state index contributed by atoms with van der Waals surface area (Å²) in [6.07, 6.45) is 4.91. The molecule has 0 saturated heterocycles. The lowest BCUT2D eigenvalue weighted by molar-refractivity contribution is 0.485. The van der Waals surface area contributed by atoms with Crippen molar-refractivity contribution in [3.63, 3.8) is 0 Å². The van der Waals surface area contributed by atoms with Crippen molar-refractivity contribution in [1.29, 1.82) is 0 Å². The van der Waals surface area contributed by atoms with Gasteiger partial charge in [-0.2, -0.15) is 0 Å². The summed E-state index contributed by atoms with van der Waals surface area (Å²) < 4.78 is 7.43. The molecule has 2 aromatic heterocycles. The number of aromatic nitrogens is 4. The van der Waals surface area contributed by atoms with Gasteiger partial charge in [0.2, 0.25) is 11.8 Å². The van der Waals surface area contributed by atoms with Crippen LogP contribution in [0.25, 0.3) is 0 Å². The predicted octanol–water partition coefficient (Wildman–Crippen LogP) is 2.28. The van der Waals surface area contributed by atoms with E-state index in [2.05, 4.69) is 26.7 Å². The van der Waals surface area contributed by atoms with E-state index in [-0.39, 0.29) is 0 Å². The van der Waals surface area contributed by atoms with E-state index >= 15 is 0 Å². The smallest absolute Gasteiger partial charge is 0.226 e. The van der Waals surface area contributed by atoms with Gasteiger partial charge >= 0.3 is 0 Å². The molecule has 0 unspecified atom stereocenters. The van der Waals surface area contributed by atoms with Crippen LogP contribution in [0.3, 0.4) is 0 Å². The highest BCUT2D eigenvalue weighted by Crippen LogP contribution is 2.20. The lowest BCUT2D eigenvalue weighted by Gasteiger charge is -2.03. The van der Waals surface area contributed by atoms with Crippen LogP contribution in [0.1, 0.15) is 25.1 Å². The second kappa shape index (κ2) is 5.16. The van der Waals surface area contributed by atoms with Crippen LogP contribution in [0, 0.1) is 6.92 Å². The Morgan fingerprint density at radius 1 is 1.44 bits per heavy atom. The van der Waals surface area contributed by atoms with Gasteiger partial charge in [0.25, 0.3) is 0 Å². The van der Waals surface area contributed by atoms with Crippen LogP contribution in [0.2, 0.25) is 0 Å². The molecule has 6 heteroatoms. The van der Waals surface area contributed by atoms with E-state index in [0.717, 1.165) is 18.1 Å². The molecule has 2 aromatic rings. The standard InChI is InChI=1S/C10H14N4OS/c1-3-5-14-6-4-11-10(14)16-7-9-13-12-8(2)15-9/h4,6H,3,5,7H2,1-2H3. The van der Waals surface area contributed by atoms with Gasteiger partial charge in [-0.1, -0.05) is 18.7 Å². The van der Waals surface area contributed by atoms with Crippen molar-refractivity contribution in [2.45, 2.75) is 37.7 Å². The molecule has 0 atom stereocenters. The fourth-order valence-corrected chi connectivity index (χ4v) is 2.19. The van der Waals surface area contributed by atoms with E-state index in [0.29, 0.717) is 17.5 Å². The molecular formula is C10H14N4OS. The molecule has 0 amide bonds. The summed E-state index contributed by atoms with van der Waals surface area (Å²) in [6, 6.07) is 0. The first-order valence-electron chi connectivity index (χ1n) is 5.22. The molecule has 0 aliphatic carbocycles. The van der Waals surface area contributed by atoms with Gasteiger partial charge in [-0.25, -0.2) is 4.98 Å². The van der Waals surface area contributed by atoms with Crippen molar-refractivity contribution in [2.75, 3.05) is 0 Å². The summed E-state index contributed by atoms with van der Waals surface area (Å²) in [5, 5.41) is 8.73. The number of nitrogens with zero attached hydrogens (tertiary/aromatic N) is 4. The number of rotatable bonds is 5. The third-order valence-corrected chi connectivity index (χ3v) is 3.02. The Bertz CT molecular complexity index is 451. The lowest BCUT2D eigenvalue weighted by atomic mass is 10.5. The zero-order valence-corrected chi connectivity index (χ0v) is 10.2. The van der Waals surface area contributed by atoms with Crippen molar-refractivity contribution in [1.82, 2.24) is 19.7 Å². The van der Waals surface area contributed by atoms with Gasteiger partial charge in [-0.15, -0.1) is 10.2 Å². The molecule has 0 bridgehead atoms. The average Bonchev–Trinajstić information content (AvgIpc) is 2.85. The highest BCUT2D eigenvalue weighted by Gasteiger charge is 2.07. The lowest BCUT2D eigenvalue weighted by Crippen LogP contribution is -1.97. The minimum Gasteiger partial charge on any atom is -0.425 e. The number of hydrogen-bond acceptors (Lipinski definition) is 5. The highest BCUT2D eigenvalue weighted by molar-refractivity contribution is 7.98. The Hall–Kier alpha value is -1.30. The molecule has 0 aromatic carbocycles. The van der Waals surface area contributed by atoms with E-state index < -0.39 is 0 Å². The Morgan fingerprint density at radius 2 is 2.31 bits per heavy atom. The number of imidazole rings is 1. The van der Waals surface area contributed by atoms with Crippen LogP contribution in [0.5, 0.6) is 0 Å². The average molecular weight is 238 g/mol. The Labute approximate surface area is 98.3 Å². The molecule has 16 heavy (non-hydrogen) atoms. The van der Waals surface area contributed by atoms with Gasteiger partial charge in [0.1, 0.15) is 0 Å². The minimum atomic E-state index is 0.604. The van der Waals surface area contributed by atoms with Gasteiger partial charge in [0.05, 0.1) is 5.75 Å². The van der Waals surface area contributed by atoms with Crippen LogP contribution in [0.15, 0.2) is 22.0 Å². The molecule has 86 valence electrons. The van der Waals surface area contributed by atoms with E-state index in [1.54, 1.807) is 18.7 Å². The maximum absolute atomic E-state index is 5.30. The maximum Gasteiger partial charge on any atom is 0.226 e. The fraction of sp³-hybridized carbons (Fsp3) is 0.500. The number of aryl methyl sites for hydroxylation is 2. The largest absolute Gasteiger partial charge is 0.425 e. The van der Waals surface area contributed by atoms with Crippen LogP contribution in [-0.4, -0.2) is 19.7 Å². The molecule has 0 fully saturated rings. The van der Waals surface area contributed by atoms with Crippen LogP contribution in [-0.2, 0) is 12.3 Å². The van der Waals surface area contributed by atoms with Gasteiger partial charge < -0.3 is 8.98 Å². The topological polar surface area (TPSA) is 56.7 Å². The molecule has 0 spiro atoms. The van der Waals surface area contributed by atoms with E-state index in [1.165, 1.54) is 0 Å². The molecular weight excluding hydrogens is 224 g/mol. The zero-order chi connectivity index (χ0) is 11.4. The highest BCUT2D eigenvalue weighted by atomic mass is 32.2. The van der Waals surface area contributed by atoms with Crippen LogP contribution in [0.4, 0.5) is 0 Å². The monoisotopic (exact) mass is 238 g/mol. The van der Waals surface area contributed by atoms with E-state index in [1.807, 2.05) is 12.4 Å². The third kappa shape index (κ3) is 2.63. The molecule has 2 heterocycles. The van der Waals surface area contributed by atoms with E-state index in [9.17, 15) is 0 Å². The Kier molecular flexibility index (Phi) is 3.61. The normalized spacial score (nSPS) is 10.9. The summed E-state index contributed by atoms with van der Waals surface area (Å²) in [5.41, 5.74) is 0. The predicted molar refractivity (Wildman–Crippen MR) is 61.1 cm³/mol. The van der Waals surface area contributed by atoms with Crippen LogP contribution < -0.4 is 0 Å². The van der Waals surface area contributed by atoms with Crippen molar-refractivity contribution in [3.05, 3.63) is 24.2 Å². The summed E-state index contributed by atoms with van der Waals surface area (Å²) in [6.45, 7) is 4.93. The summed E-state index contributed by atoms with van der Waals surface area (Å²) in [4.78, 5) is 4.29. The molecule has 0 aliphatic rings. The summed E-state index contributed by atoms with van der Waals surface area (Å²) >= 11 is 1.62. The number of hydrogen-bond donors (Lipinski definition) is 0. The SMILES string of the molecule is CCCn1ccnc1SCc1nnc(C)o1. The first-order valence-corrected chi connectivity index (χ1v) is 6.21. The second-order valence-electron chi connectivity index (χ2n) is 3.41. The van der Waals surface area contributed by atoms with Gasteiger partial charge in [0, 0.05) is 25.9 Å². The van der Waals surface area contributed by atoms with Crippen molar-refractivity contribution < 1.29 is 4.42 Å². The number of thioether (sulfide) groups is 1. The van der Waals surface area contributed by atoms with Gasteiger partial charge in [0.15, 0.2) is 5.16 Å². The van der Waals surface area contributed by atoms with E-state index in [4.69, 9.17) is 4.42 Å². The molecule has 0 aliphatic heterocycles. The Morgan fingerprint density at radius 3 is 3.00 bits per heavy atom. The molecule has 2 rings (SSSR count). The summed E-state index contributed by atoms with van der Waals surface area (Å²) in [5.74, 6) is 1.92. The Balaban J connectivity index is 1.96. The van der Waals surface area contributed by atoms with Crippen molar-refractivity contribution in [3.8, 4) is 0 Å². The van der Waals surface area contributed by atoms with Crippen LogP contribution >= 0.6 is 11.8 Å². The third-order valence-electron chi connectivity index (χ3n) is 2.03. The van der Waals surface area contributed by atoms with Gasteiger partial charge in [-0.05, 0) is 6.42 Å². The maximum atomic E-state index is 5.30.